The molecule has 1 aliphatic rings. The van der Waals surface area contributed by atoms with E-state index in [-0.39, 0.29) is 6.10 Å². The molecule has 1 aromatic rings. The van der Waals surface area contributed by atoms with E-state index in [4.69, 9.17) is 10.5 Å². The lowest BCUT2D eigenvalue weighted by atomic mass is 10.1. The van der Waals surface area contributed by atoms with Gasteiger partial charge in [-0.3, -0.25) is 0 Å². The second-order valence-corrected chi connectivity index (χ2v) is 3.89. The molecule has 1 saturated heterocycles. The zero-order chi connectivity index (χ0) is 10.8. The Morgan fingerprint density at radius 3 is 2.87 bits per heavy atom. The number of hydrogen-bond donors (Lipinski definition) is 1. The SMILES string of the molecule is CCc1nc(C2CCCO2)nc(N)c1C. The summed E-state index contributed by atoms with van der Waals surface area (Å²) < 4.78 is 5.55. The fourth-order valence-electron chi connectivity index (χ4n) is 1.87. The van der Waals surface area contributed by atoms with Crippen molar-refractivity contribution in [2.24, 2.45) is 0 Å². The predicted molar refractivity (Wildman–Crippen MR) is 58.5 cm³/mol. The molecule has 4 nitrogen and oxygen atoms in total. The molecule has 1 atom stereocenters. The van der Waals surface area contributed by atoms with Crippen molar-refractivity contribution in [2.45, 2.75) is 39.2 Å². The average molecular weight is 207 g/mol. The summed E-state index contributed by atoms with van der Waals surface area (Å²) in [5, 5.41) is 0. The number of aryl methyl sites for hydroxylation is 1. The summed E-state index contributed by atoms with van der Waals surface area (Å²) in [6, 6.07) is 0. The molecule has 4 heteroatoms. The van der Waals surface area contributed by atoms with E-state index in [2.05, 4.69) is 16.9 Å². The Hall–Kier alpha value is -1.16. The Balaban J connectivity index is 2.35. The Labute approximate surface area is 89.9 Å². The van der Waals surface area contributed by atoms with Crippen LogP contribution in [-0.2, 0) is 11.2 Å². The van der Waals surface area contributed by atoms with E-state index in [1.165, 1.54) is 0 Å². The van der Waals surface area contributed by atoms with Gasteiger partial charge in [0.2, 0.25) is 0 Å². The van der Waals surface area contributed by atoms with Crippen LogP contribution in [0.1, 0.15) is 43.0 Å². The van der Waals surface area contributed by atoms with Crippen molar-refractivity contribution >= 4 is 5.82 Å². The third kappa shape index (κ3) is 1.95. The fraction of sp³-hybridized carbons (Fsp3) is 0.636. The molecule has 0 bridgehead atoms. The number of ether oxygens (including phenoxy) is 1. The summed E-state index contributed by atoms with van der Waals surface area (Å²) in [5.74, 6) is 1.35. The van der Waals surface area contributed by atoms with E-state index >= 15 is 0 Å². The minimum absolute atomic E-state index is 0.0539. The van der Waals surface area contributed by atoms with Crippen LogP contribution >= 0.6 is 0 Å². The first-order chi connectivity index (χ1) is 7.22. The van der Waals surface area contributed by atoms with E-state index in [9.17, 15) is 0 Å². The van der Waals surface area contributed by atoms with Gasteiger partial charge in [0.25, 0.3) is 0 Å². The highest BCUT2D eigenvalue weighted by Crippen LogP contribution is 2.27. The van der Waals surface area contributed by atoms with Gasteiger partial charge in [-0.15, -0.1) is 0 Å². The molecule has 2 N–H and O–H groups in total. The van der Waals surface area contributed by atoms with Crippen LogP contribution in [0.4, 0.5) is 5.82 Å². The van der Waals surface area contributed by atoms with Crippen molar-refractivity contribution in [3.05, 3.63) is 17.1 Å². The van der Waals surface area contributed by atoms with E-state index in [0.29, 0.717) is 5.82 Å². The lowest BCUT2D eigenvalue weighted by Crippen LogP contribution is -2.10. The molecule has 0 radical (unpaired) electrons. The van der Waals surface area contributed by atoms with Crippen molar-refractivity contribution in [3.8, 4) is 0 Å². The first kappa shape index (κ1) is 10.4. The highest BCUT2D eigenvalue weighted by molar-refractivity contribution is 5.41. The topological polar surface area (TPSA) is 61.0 Å². The molecule has 82 valence electrons. The molecule has 1 unspecified atom stereocenters. The van der Waals surface area contributed by atoms with Gasteiger partial charge >= 0.3 is 0 Å². The summed E-state index contributed by atoms with van der Waals surface area (Å²) in [6.45, 7) is 4.85. The van der Waals surface area contributed by atoms with Gasteiger partial charge in [0.05, 0.1) is 0 Å². The standard InChI is InChI=1S/C11H17N3O/c1-3-8-7(2)10(12)14-11(13-8)9-5-4-6-15-9/h9H,3-6H2,1-2H3,(H2,12,13,14). The maximum absolute atomic E-state index is 5.86. The summed E-state index contributed by atoms with van der Waals surface area (Å²) >= 11 is 0. The second-order valence-electron chi connectivity index (χ2n) is 3.89. The average Bonchev–Trinajstić information content (AvgIpc) is 2.75. The van der Waals surface area contributed by atoms with Crippen LogP contribution < -0.4 is 5.73 Å². The van der Waals surface area contributed by atoms with Crippen LogP contribution in [-0.4, -0.2) is 16.6 Å². The second kappa shape index (κ2) is 4.14. The normalized spacial score (nSPS) is 20.8. The third-order valence-corrected chi connectivity index (χ3v) is 2.85. The van der Waals surface area contributed by atoms with Crippen LogP contribution in [0.2, 0.25) is 0 Å². The largest absolute Gasteiger partial charge is 0.383 e. The fourth-order valence-corrected chi connectivity index (χ4v) is 1.87. The van der Waals surface area contributed by atoms with Gasteiger partial charge in [-0.05, 0) is 26.2 Å². The molecular weight excluding hydrogens is 190 g/mol. The summed E-state index contributed by atoms with van der Waals surface area (Å²) in [6.07, 6.45) is 3.03. The molecule has 0 spiro atoms. The van der Waals surface area contributed by atoms with Gasteiger partial charge in [0.15, 0.2) is 5.82 Å². The van der Waals surface area contributed by atoms with E-state index in [0.717, 1.165) is 43.0 Å². The molecule has 2 heterocycles. The third-order valence-electron chi connectivity index (χ3n) is 2.85. The molecule has 1 fully saturated rings. The Bertz CT molecular complexity index is 359. The molecule has 15 heavy (non-hydrogen) atoms. The van der Waals surface area contributed by atoms with Crippen LogP contribution in [0, 0.1) is 6.92 Å². The maximum Gasteiger partial charge on any atom is 0.159 e. The Kier molecular flexibility index (Phi) is 2.86. The predicted octanol–water partition coefficient (Wildman–Crippen LogP) is 1.78. The smallest absolute Gasteiger partial charge is 0.159 e. The quantitative estimate of drug-likeness (QED) is 0.803. The van der Waals surface area contributed by atoms with E-state index in [1.807, 2.05) is 6.92 Å². The zero-order valence-electron chi connectivity index (χ0n) is 9.29. The number of nitrogens with zero attached hydrogens (tertiary/aromatic N) is 2. The minimum Gasteiger partial charge on any atom is -0.383 e. The van der Waals surface area contributed by atoms with Crippen molar-refractivity contribution < 1.29 is 4.74 Å². The molecule has 2 rings (SSSR count). The van der Waals surface area contributed by atoms with Crippen molar-refractivity contribution in [1.82, 2.24) is 9.97 Å². The highest BCUT2D eigenvalue weighted by Gasteiger charge is 2.21. The number of nitrogens with two attached hydrogens (primary N) is 1. The van der Waals surface area contributed by atoms with E-state index in [1.54, 1.807) is 0 Å². The van der Waals surface area contributed by atoms with E-state index < -0.39 is 0 Å². The Morgan fingerprint density at radius 1 is 1.47 bits per heavy atom. The number of aromatic nitrogens is 2. The minimum atomic E-state index is 0.0539. The van der Waals surface area contributed by atoms with Gasteiger partial charge in [0, 0.05) is 17.9 Å². The maximum atomic E-state index is 5.86. The number of rotatable bonds is 2. The van der Waals surface area contributed by atoms with Gasteiger partial charge < -0.3 is 10.5 Å². The van der Waals surface area contributed by atoms with Crippen molar-refractivity contribution in [3.63, 3.8) is 0 Å². The van der Waals surface area contributed by atoms with Gasteiger partial charge in [-0.2, -0.15) is 0 Å². The summed E-state index contributed by atoms with van der Waals surface area (Å²) in [7, 11) is 0. The van der Waals surface area contributed by atoms with Crippen molar-refractivity contribution in [2.75, 3.05) is 12.3 Å². The number of nitrogen functional groups attached to an aromatic ring is 1. The number of anilines is 1. The molecule has 1 aromatic heterocycles. The molecule has 0 aliphatic carbocycles. The van der Waals surface area contributed by atoms with Gasteiger partial charge in [-0.1, -0.05) is 6.92 Å². The summed E-state index contributed by atoms with van der Waals surface area (Å²) in [4.78, 5) is 8.82. The van der Waals surface area contributed by atoms with Crippen LogP contribution in [0.5, 0.6) is 0 Å². The highest BCUT2D eigenvalue weighted by atomic mass is 16.5. The lowest BCUT2D eigenvalue weighted by molar-refractivity contribution is 0.105. The molecular formula is C11H17N3O. The first-order valence-corrected chi connectivity index (χ1v) is 5.47. The molecule has 0 aromatic carbocycles. The zero-order valence-corrected chi connectivity index (χ0v) is 9.29. The molecule has 0 saturated carbocycles. The molecule has 0 amide bonds. The van der Waals surface area contributed by atoms with Crippen LogP contribution in [0.25, 0.3) is 0 Å². The lowest BCUT2D eigenvalue weighted by Gasteiger charge is -2.12. The van der Waals surface area contributed by atoms with Gasteiger partial charge in [-0.25, -0.2) is 9.97 Å². The molecule has 1 aliphatic heterocycles. The van der Waals surface area contributed by atoms with Crippen LogP contribution in [0.3, 0.4) is 0 Å². The van der Waals surface area contributed by atoms with Crippen LogP contribution in [0.15, 0.2) is 0 Å². The Morgan fingerprint density at radius 2 is 2.27 bits per heavy atom. The van der Waals surface area contributed by atoms with Gasteiger partial charge in [0.1, 0.15) is 11.9 Å². The number of hydrogen-bond acceptors (Lipinski definition) is 4. The monoisotopic (exact) mass is 207 g/mol. The first-order valence-electron chi connectivity index (χ1n) is 5.47. The van der Waals surface area contributed by atoms with Crippen molar-refractivity contribution in [1.29, 1.82) is 0 Å². The summed E-state index contributed by atoms with van der Waals surface area (Å²) in [5.41, 5.74) is 7.89.